The lowest BCUT2D eigenvalue weighted by molar-refractivity contribution is 0.0478. The Labute approximate surface area is 116 Å². The van der Waals surface area contributed by atoms with Crippen LogP contribution in [0.2, 0.25) is 0 Å². The van der Waals surface area contributed by atoms with Crippen molar-refractivity contribution in [3.63, 3.8) is 0 Å². The normalized spacial score (nSPS) is 48.7. The summed E-state index contributed by atoms with van der Waals surface area (Å²) in [7, 11) is 0. The second-order valence-corrected chi connectivity index (χ2v) is 7.64. The van der Waals surface area contributed by atoms with Gasteiger partial charge >= 0.3 is 0 Å². The molecular weight excluding hydrogens is 232 g/mol. The van der Waals surface area contributed by atoms with Crippen LogP contribution in [0.4, 0.5) is 0 Å². The van der Waals surface area contributed by atoms with E-state index in [1.54, 1.807) is 11.1 Å². The molecule has 0 spiro atoms. The van der Waals surface area contributed by atoms with E-state index in [2.05, 4.69) is 19.1 Å². The predicted molar refractivity (Wildman–Crippen MR) is 77.7 cm³/mol. The van der Waals surface area contributed by atoms with Crippen LogP contribution in [-0.2, 0) is 0 Å². The summed E-state index contributed by atoms with van der Waals surface area (Å²) in [5.41, 5.74) is 3.84. The summed E-state index contributed by atoms with van der Waals surface area (Å²) in [5.74, 6) is 1.96. The Morgan fingerprint density at radius 2 is 2.00 bits per heavy atom. The van der Waals surface area contributed by atoms with Crippen molar-refractivity contribution >= 4 is 0 Å². The van der Waals surface area contributed by atoms with E-state index in [0.717, 1.165) is 12.3 Å². The number of hydrogen-bond donors (Lipinski definition) is 1. The van der Waals surface area contributed by atoms with E-state index in [1.807, 2.05) is 0 Å². The molecule has 4 aliphatic carbocycles. The number of fused-ring (bicyclic) bond motifs is 5. The molecule has 5 atom stereocenters. The van der Waals surface area contributed by atoms with Crippen LogP contribution in [0, 0.1) is 23.2 Å². The summed E-state index contributed by atoms with van der Waals surface area (Å²) in [6.45, 7) is 2.51. The second-order valence-electron chi connectivity index (χ2n) is 7.64. The minimum atomic E-state index is -0.0699. The van der Waals surface area contributed by atoms with Crippen LogP contribution >= 0.6 is 0 Å². The largest absolute Gasteiger partial charge is 0.392 e. The van der Waals surface area contributed by atoms with Crippen molar-refractivity contribution in [2.45, 2.75) is 64.4 Å². The Hall–Kier alpha value is -0.560. The number of hydrogen-bond acceptors (Lipinski definition) is 1. The maximum Gasteiger partial charge on any atom is 0.0611 e. The molecule has 0 saturated heterocycles. The van der Waals surface area contributed by atoms with Crippen LogP contribution in [0.25, 0.3) is 0 Å². The molecule has 104 valence electrons. The molecule has 1 nitrogen and oxygen atoms in total. The highest BCUT2D eigenvalue weighted by Crippen LogP contribution is 2.59. The Kier molecular flexibility index (Phi) is 2.71. The molecule has 0 aromatic rings. The van der Waals surface area contributed by atoms with Crippen LogP contribution in [0.3, 0.4) is 0 Å². The Morgan fingerprint density at radius 1 is 1.11 bits per heavy atom. The summed E-state index contributed by atoms with van der Waals surface area (Å²) >= 11 is 0. The van der Waals surface area contributed by atoms with Gasteiger partial charge in [-0.15, -0.1) is 0 Å². The van der Waals surface area contributed by atoms with Crippen LogP contribution in [-0.4, -0.2) is 11.2 Å². The molecule has 0 aromatic carbocycles. The molecule has 0 aliphatic heterocycles. The molecular formula is C18H26O. The molecule has 1 N–H and O–H groups in total. The quantitative estimate of drug-likeness (QED) is 0.689. The van der Waals surface area contributed by atoms with Crippen molar-refractivity contribution in [2.24, 2.45) is 23.2 Å². The average Bonchev–Trinajstić information content (AvgIpc) is 2.80. The van der Waals surface area contributed by atoms with E-state index in [-0.39, 0.29) is 6.10 Å². The van der Waals surface area contributed by atoms with Gasteiger partial charge in [0.2, 0.25) is 0 Å². The van der Waals surface area contributed by atoms with Gasteiger partial charge in [0.1, 0.15) is 0 Å². The first-order chi connectivity index (χ1) is 9.19. The first-order valence-electron chi connectivity index (χ1n) is 8.28. The van der Waals surface area contributed by atoms with Crippen LogP contribution in [0.5, 0.6) is 0 Å². The molecule has 3 fully saturated rings. The summed E-state index contributed by atoms with van der Waals surface area (Å²) in [6.07, 6.45) is 15.1. The Morgan fingerprint density at radius 3 is 2.89 bits per heavy atom. The van der Waals surface area contributed by atoms with Crippen molar-refractivity contribution < 1.29 is 5.11 Å². The molecule has 1 heteroatoms. The standard InChI is InChI=1S/C18H26O/c1-18-10-3-5-15(18)13-8-7-12-4-2-6-16(19)17(12)14(13)9-11-18/h7-8,14-17,19H,2-6,9-11H2,1H3/t14-,15-,16?,17-,18-/m0/s1. The lowest BCUT2D eigenvalue weighted by Crippen LogP contribution is -2.42. The molecule has 0 amide bonds. The molecule has 4 rings (SSSR count). The van der Waals surface area contributed by atoms with Gasteiger partial charge in [0, 0.05) is 5.92 Å². The first-order valence-corrected chi connectivity index (χ1v) is 8.28. The van der Waals surface area contributed by atoms with E-state index in [1.165, 1.54) is 44.9 Å². The molecule has 1 unspecified atom stereocenters. The molecule has 0 radical (unpaired) electrons. The van der Waals surface area contributed by atoms with Gasteiger partial charge in [-0.3, -0.25) is 0 Å². The van der Waals surface area contributed by atoms with Gasteiger partial charge < -0.3 is 5.11 Å². The number of allylic oxidation sites excluding steroid dienone is 3. The maximum atomic E-state index is 10.5. The summed E-state index contributed by atoms with van der Waals surface area (Å²) < 4.78 is 0. The van der Waals surface area contributed by atoms with Gasteiger partial charge in [-0.25, -0.2) is 0 Å². The fourth-order valence-corrected chi connectivity index (χ4v) is 5.67. The van der Waals surface area contributed by atoms with E-state index in [0.29, 0.717) is 17.3 Å². The minimum absolute atomic E-state index is 0.0699. The van der Waals surface area contributed by atoms with E-state index in [9.17, 15) is 5.11 Å². The highest BCUT2D eigenvalue weighted by molar-refractivity contribution is 5.35. The van der Waals surface area contributed by atoms with Crippen LogP contribution < -0.4 is 0 Å². The predicted octanol–water partition coefficient (Wildman–Crippen LogP) is 4.23. The van der Waals surface area contributed by atoms with Gasteiger partial charge in [-0.05, 0) is 62.2 Å². The average molecular weight is 258 g/mol. The lowest BCUT2D eigenvalue weighted by atomic mass is 9.56. The fourth-order valence-electron chi connectivity index (χ4n) is 5.67. The first kappa shape index (κ1) is 12.2. The third-order valence-corrected chi connectivity index (χ3v) is 6.67. The van der Waals surface area contributed by atoms with E-state index >= 15 is 0 Å². The zero-order valence-corrected chi connectivity index (χ0v) is 12.1. The highest BCUT2D eigenvalue weighted by Gasteiger charge is 2.49. The van der Waals surface area contributed by atoms with Gasteiger partial charge in [-0.1, -0.05) is 36.6 Å². The van der Waals surface area contributed by atoms with Gasteiger partial charge in [0.25, 0.3) is 0 Å². The third kappa shape index (κ3) is 1.70. The smallest absolute Gasteiger partial charge is 0.0611 e. The lowest BCUT2D eigenvalue weighted by Gasteiger charge is -2.49. The fraction of sp³-hybridized carbons (Fsp3) is 0.778. The molecule has 0 aromatic heterocycles. The van der Waals surface area contributed by atoms with Crippen molar-refractivity contribution in [3.8, 4) is 0 Å². The molecule has 4 aliphatic rings. The molecule has 0 heterocycles. The zero-order valence-electron chi connectivity index (χ0n) is 12.1. The summed E-state index contributed by atoms with van der Waals surface area (Å²) in [4.78, 5) is 0. The second kappa shape index (κ2) is 4.22. The molecule has 3 saturated carbocycles. The summed E-state index contributed by atoms with van der Waals surface area (Å²) in [5, 5.41) is 10.5. The van der Waals surface area contributed by atoms with Crippen LogP contribution in [0.15, 0.2) is 23.3 Å². The number of aliphatic hydroxyl groups excluding tert-OH is 1. The Balaban J connectivity index is 1.72. The topological polar surface area (TPSA) is 20.2 Å². The van der Waals surface area contributed by atoms with E-state index in [4.69, 9.17) is 0 Å². The number of rotatable bonds is 0. The van der Waals surface area contributed by atoms with Gasteiger partial charge in [0.15, 0.2) is 0 Å². The molecule has 0 bridgehead atoms. The van der Waals surface area contributed by atoms with Gasteiger partial charge in [-0.2, -0.15) is 0 Å². The van der Waals surface area contributed by atoms with Crippen molar-refractivity contribution in [3.05, 3.63) is 23.3 Å². The summed E-state index contributed by atoms with van der Waals surface area (Å²) in [6, 6.07) is 0. The monoisotopic (exact) mass is 258 g/mol. The maximum absolute atomic E-state index is 10.5. The minimum Gasteiger partial charge on any atom is -0.392 e. The SMILES string of the molecule is C[C@@]12CCC[C@H]1C1=CC=C3CCCC(O)[C@@H]3[C@H]1CC2. The van der Waals surface area contributed by atoms with Crippen LogP contribution in [0.1, 0.15) is 58.3 Å². The molecule has 19 heavy (non-hydrogen) atoms. The Bertz CT molecular complexity index is 447. The van der Waals surface area contributed by atoms with Gasteiger partial charge in [0.05, 0.1) is 6.10 Å². The van der Waals surface area contributed by atoms with Crippen molar-refractivity contribution in [1.82, 2.24) is 0 Å². The zero-order chi connectivity index (χ0) is 13.0. The highest BCUT2D eigenvalue weighted by atomic mass is 16.3. The number of aliphatic hydroxyl groups is 1. The van der Waals surface area contributed by atoms with E-state index < -0.39 is 0 Å². The third-order valence-electron chi connectivity index (χ3n) is 6.67. The van der Waals surface area contributed by atoms with Crippen molar-refractivity contribution in [2.75, 3.05) is 0 Å². The van der Waals surface area contributed by atoms with Crippen molar-refractivity contribution in [1.29, 1.82) is 0 Å².